The number of aromatic nitrogens is 1. The Balaban J connectivity index is 2.47. The molecule has 2 heteroatoms. The summed E-state index contributed by atoms with van der Waals surface area (Å²) in [4.78, 5) is 10.6. The summed E-state index contributed by atoms with van der Waals surface area (Å²) in [5, 5.41) is 1.11. The van der Waals surface area contributed by atoms with Gasteiger partial charge < -0.3 is 4.57 Å². The van der Waals surface area contributed by atoms with Gasteiger partial charge in [-0.2, -0.15) is 0 Å². The number of rotatable bonds is 3. The van der Waals surface area contributed by atoms with Crippen LogP contribution in [0.5, 0.6) is 0 Å². The van der Waals surface area contributed by atoms with E-state index in [1.165, 1.54) is 5.52 Å². The Morgan fingerprint density at radius 3 is 2.93 bits per heavy atom. The minimum atomic E-state index is 0.728. The lowest BCUT2D eigenvalue weighted by atomic mass is 10.2. The van der Waals surface area contributed by atoms with Gasteiger partial charge in [0.25, 0.3) is 0 Å². The summed E-state index contributed by atoms with van der Waals surface area (Å²) in [6.07, 6.45) is 7.06. The van der Waals surface area contributed by atoms with Crippen molar-refractivity contribution < 1.29 is 4.79 Å². The molecule has 2 aromatic rings. The number of aldehydes is 1. The fraction of sp³-hybridized carbons (Fsp3) is 0.154. The van der Waals surface area contributed by atoms with Crippen LogP contribution >= 0.6 is 0 Å². The molecule has 1 aromatic heterocycles. The highest BCUT2D eigenvalue weighted by Crippen LogP contribution is 2.16. The third kappa shape index (κ3) is 1.84. The van der Waals surface area contributed by atoms with E-state index in [0.29, 0.717) is 0 Å². The summed E-state index contributed by atoms with van der Waals surface area (Å²) in [5.41, 5.74) is 1.89. The van der Waals surface area contributed by atoms with Crippen molar-refractivity contribution in [3.8, 4) is 0 Å². The maximum absolute atomic E-state index is 10.6. The van der Waals surface area contributed by atoms with Crippen LogP contribution in [0.2, 0.25) is 0 Å². The van der Waals surface area contributed by atoms with Crippen LogP contribution in [-0.4, -0.2) is 10.9 Å². The van der Waals surface area contributed by atoms with Crippen LogP contribution in [-0.2, 0) is 6.54 Å². The van der Waals surface area contributed by atoms with E-state index >= 15 is 0 Å². The van der Waals surface area contributed by atoms with E-state index in [1.807, 2.05) is 43.5 Å². The normalized spacial score (nSPS) is 11.3. The van der Waals surface area contributed by atoms with E-state index in [2.05, 4.69) is 10.6 Å². The maximum atomic E-state index is 10.6. The number of fused-ring (bicyclic) bond motifs is 1. The third-order valence-electron chi connectivity index (χ3n) is 2.47. The molecule has 0 unspecified atom stereocenters. The van der Waals surface area contributed by atoms with E-state index in [9.17, 15) is 4.79 Å². The smallest absolute Gasteiger partial charge is 0.150 e. The van der Waals surface area contributed by atoms with Crippen LogP contribution in [0.1, 0.15) is 17.3 Å². The maximum Gasteiger partial charge on any atom is 0.150 e. The van der Waals surface area contributed by atoms with Gasteiger partial charge in [-0.1, -0.05) is 12.2 Å². The second kappa shape index (κ2) is 4.13. The standard InChI is InChI=1S/C13H13NO/c1-2-3-7-14-8-6-12-9-11(10-15)4-5-13(12)14/h2-6,8-10H,7H2,1H3/b3-2+. The highest BCUT2D eigenvalue weighted by molar-refractivity contribution is 5.87. The van der Waals surface area contributed by atoms with Crippen molar-refractivity contribution in [2.75, 3.05) is 0 Å². The highest BCUT2D eigenvalue weighted by Gasteiger charge is 2.00. The molecule has 0 saturated heterocycles. The Morgan fingerprint density at radius 2 is 2.20 bits per heavy atom. The number of allylic oxidation sites excluding steroid dienone is 2. The Morgan fingerprint density at radius 1 is 1.33 bits per heavy atom. The molecule has 0 aliphatic rings. The fourth-order valence-corrected chi connectivity index (χ4v) is 1.67. The first-order valence-corrected chi connectivity index (χ1v) is 5.00. The second-order valence-electron chi connectivity index (χ2n) is 3.47. The summed E-state index contributed by atoms with van der Waals surface area (Å²) in [6, 6.07) is 7.78. The number of nitrogens with zero attached hydrogens (tertiary/aromatic N) is 1. The van der Waals surface area contributed by atoms with E-state index < -0.39 is 0 Å². The van der Waals surface area contributed by atoms with Gasteiger partial charge >= 0.3 is 0 Å². The van der Waals surface area contributed by atoms with Gasteiger partial charge in [0.1, 0.15) is 6.29 Å². The molecule has 2 nitrogen and oxygen atoms in total. The lowest BCUT2D eigenvalue weighted by molar-refractivity contribution is 0.112. The molecule has 0 fully saturated rings. The van der Waals surface area contributed by atoms with Gasteiger partial charge in [0, 0.05) is 29.2 Å². The third-order valence-corrected chi connectivity index (χ3v) is 2.47. The predicted molar refractivity (Wildman–Crippen MR) is 62.1 cm³/mol. The van der Waals surface area contributed by atoms with E-state index in [1.54, 1.807) is 0 Å². The Hall–Kier alpha value is -1.83. The van der Waals surface area contributed by atoms with Crippen LogP contribution in [0.3, 0.4) is 0 Å². The van der Waals surface area contributed by atoms with Crippen LogP contribution in [0.15, 0.2) is 42.6 Å². The van der Waals surface area contributed by atoms with Gasteiger partial charge in [0.05, 0.1) is 0 Å². The molecule has 0 radical (unpaired) electrons. The fourth-order valence-electron chi connectivity index (χ4n) is 1.67. The van der Waals surface area contributed by atoms with Crippen molar-refractivity contribution in [3.63, 3.8) is 0 Å². The summed E-state index contributed by atoms with van der Waals surface area (Å²) in [5.74, 6) is 0. The Kier molecular flexibility index (Phi) is 2.68. The van der Waals surface area contributed by atoms with E-state index in [0.717, 1.165) is 23.8 Å². The Labute approximate surface area is 88.8 Å². The molecule has 0 N–H and O–H groups in total. The number of carbonyl (C=O) groups excluding carboxylic acids is 1. The first kappa shape index (κ1) is 9.71. The first-order valence-electron chi connectivity index (χ1n) is 5.00. The van der Waals surface area contributed by atoms with Crippen LogP contribution in [0.25, 0.3) is 10.9 Å². The van der Waals surface area contributed by atoms with Gasteiger partial charge in [0.2, 0.25) is 0 Å². The van der Waals surface area contributed by atoms with Crippen LogP contribution in [0, 0.1) is 0 Å². The number of carbonyl (C=O) groups is 1. The van der Waals surface area contributed by atoms with Gasteiger partial charge in [-0.05, 0) is 31.2 Å². The van der Waals surface area contributed by atoms with Crippen molar-refractivity contribution in [1.82, 2.24) is 4.57 Å². The molecule has 76 valence electrons. The molecule has 0 amide bonds. The monoisotopic (exact) mass is 199 g/mol. The molecular weight excluding hydrogens is 186 g/mol. The average Bonchev–Trinajstić information content (AvgIpc) is 2.68. The van der Waals surface area contributed by atoms with Crippen LogP contribution < -0.4 is 0 Å². The molecule has 0 aliphatic carbocycles. The van der Waals surface area contributed by atoms with Crippen LogP contribution in [0.4, 0.5) is 0 Å². The average molecular weight is 199 g/mol. The second-order valence-corrected chi connectivity index (χ2v) is 3.47. The quantitative estimate of drug-likeness (QED) is 0.550. The summed E-state index contributed by atoms with van der Waals surface area (Å²) in [6.45, 7) is 2.89. The largest absolute Gasteiger partial charge is 0.344 e. The zero-order chi connectivity index (χ0) is 10.7. The van der Waals surface area contributed by atoms with E-state index in [4.69, 9.17) is 0 Å². The molecule has 0 aliphatic heterocycles. The van der Waals surface area contributed by atoms with Gasteiger partial charge in [-0.25, -0.2) is 0 Å². The number of benzene rings is 1. The highest BCUT2D eigenvalue weighted by atomic mass is 16.1. The SMILES string of the molecule is C/C=C/Cn1ccc2cc(C=O)ccc21. The molecule has 15 heavy (non-hydrogen) atoms. The van der Waals surface area contributed by atoms with Crippen molar-refractivity contribution in [1.29, 1.82) is 0 Å². The number of hydrogen-bond acceptors (Lipinski definition) is 1. The first-order chi connectivity index (χ1) is 7.35. The van der Waals surface area contributed by atoms with Crippen molar-refractivity contribution in [2.24, 2.45) is 0 Å². The van der Waals surface area contributed by atoms with Crippen molar-refractivity contribution in [3.05, 3.63) is 48.2 Å². The molecule has 1 aromatic carbocycles. The molecular formula is C13H13NO. The minimum Gasteiger partial charge on any atom is -0.344 e. The summed E-state index contributed by atoms with van der Waals surface area (Å²) in [7, 11) is 0. The molecule has 2 rings (SSSR count). The molecule has 0 atom stereocenters. The number of hydrogen-bond donors (Lipinski definition) is 0. The molecule has 0 saturated carbocycles. The summed E-state index contributed by atoms with van der Waals surface area (Å²) >= 11 is 0. The summed E-state index contributed by atoms with van der Waals surface area (Å²) < 4.78 is 2.16. The topological polar surface area (TPSA) is 22.0 Å². The Bertz CT molecular complexity index is 508. The van der Waals surface area contributed by atoms with Crippen molar-refractivity contribution >= 4 is 17.2 Å². The molecule has 0 spiro atoms. The van der Waals surface area contributed by atoms with Gasteiger partial charge in [-0.15, -0.1) is 0 Å². The predicted octanol–water partition coefficient (Wildman–Crippen LogP) is 3.03. The molecule has 1 heterocycles. The van der Waals surface area contributed by atoms with E-state index in [-0.39, 0.29) is 0 Å². The zero-order valence-electron chi connectivity index (χ0n) is 8.68. The lowest BCUT2D eigenvalue weighted by Crippen LogP contribution is -1.92. The van der Waals surface area contributed by atoms with Crippen molar-refractivity contribution in [2.45, 2.75) is 13.5 Å². The van der Waals surface area contributed by atoms with Gasteiger partial charge in [-0.3, -0.25) is 4.79 Å². The molecule has 0 bridgehead atoms. The minimum absolute atomic E-state index is 0.728. The van der Waals surface area contributed by atoms with Gasteiger partial charge in [0.15, 0.2) is 0 Å². The zero-order valence-corrected chi connectivity index (χ0v) is 8.68. The lowest BCUT2D eigenvalue weighted by Gasteiger charge is -2.00.